The van der Waals surface area contributed by atoms with Crippen molar-refractivity contribution < 1.29 is 5.11 Å². The van der Waals surface area contributed by atoms with Crippen LogP contribution in [0.4, 0.5) is 0 Å². The van der Waals surface area contributed by atoms with Gasteiger partial charge in [-0.15, -0.1) is 0 Å². The lowest BCUT2D eigenvalue weighted by molar-refractivity contribution is 0.171. The maximum absolute atomic E-state index is 9.12. The van der Waals surface area contributed by atoms with E-state index in [0.717, 1.165) is 12.3 Å². The average molecular weight is 172 g/mol. The van der Waals surface area contributed by atoms with Crippen molar-refractivity contribution in [3.8, 4) is 0 Å². The monoisotopic (exact) mass is 172 g/mol. The van der Waals surface area contributed by atoms with E-state index < -0.39 is 0 Å². The lowest BCUT2D eigenvalue weighted by Crippen LogP contribution is -2.05. The first-order valence-corrected chi connectivity index (χ1v) is 5.38. The maximum Gasteiger partial charge on any atom is 0.0512 e. The first-order chi connectivity index (χ1) is 5.70. The predicted molar refractivity (Wildman–Crippen MR) is 54.2 cm³/mol. The van der Waals surface area contributed by atoms with Crippen molar-refractivity contribution in [2.24, 2.45) is 5.92 Å². The molecule has 0 aromatic rings. The Morgan fingerprint density at radius 2 is 1.75 bits per heavy atom. The summed E-state index contributed by atoms with van der Waals surface area (Å²) in [5.74, 6) is 0.847. The topological polar surface area (TPSA) is 20.2 Å². The van der Waals surface area contributed by atoms with Gasteiger partial charge in [-0.3, -0.25) is 0 Å². The van der Waals surface area contributed by atoms with Gasteiger partial charge in [0, 0.05) is 0 Å². The normalized spacial score (nSPS) is 16.0. The molecule has 0 aliphatic rings. The molecular formula is C11H24O. The van der Waals surface area contributed by atoms with Crippen LogP contribution < -0.4 is 0 Å². The third-order valence-corrected chi connectivity index (χ3v) is 2.54. The standard InChI is InChI=1S/C11H24O/c1-4-6-7-11(5-2)9-8-10(3)12/h10-12H,4-9H2,1-3H3/t10-,11+/m0/s1. The van der Waals surface area contributed by atoms with E-state index in [-0.39, 0.29) is 6.10 Å². The molecule has 0 heterocycles. The first-order valence-electron chi connectivity index (χ1n) is 5.38. The minimum Gasteiger partial charge on any atom is -0.393 e. The molecule has 1 heteroatoms. The minimum atomic E-state index is -0.110. The van der Waals surface area contributed by atoms with Crippen LogP contribution in [0.15, 0.2) is 0 Å². The Balaban J connectivity index is 3.39. The lowest BCUT2D eigenvalue weighted by atomic mass is 9.93. The number of hydrogen-bond donors (Lipinski definition) is 1. The van der Waals surface area contributed by atoms with Gasteiger partial charge in [-0.2, -0.15) is 0 Å². The molecule has 1 N–H and O–H groups in total. The zero-order valence-corrected chi connectivity index (χ0v) is 8.84. The maximum atomic E-state index is 9.12. The van der Waals surface area contributed by atoms with Gasteiger partial charge in [0.25, 0.3) is 0 Å². The Morgan fingerprint density at radius 3 is 2.17 bits per heavy atom. The molecule has 0 amide bonds. The average Bonchev–Trinajstić information content (AvgIpc) is 2.05. The molecule has 0 unspecified atom stereocenters. The molecule has 0 aromatic heterocycles. The van der Waals surface area contributed by atoms with Gasteiger partial charge in [-0.1, -0.05) is 39.5 Å². The fraction of sp³-hybridized carbons (Fsp3) is 1.00. The molecule has 0 aliphatic carbocycles. The fourth-order valence-electron chi connectivity index (χ4n) is 1.52. The molecule has 12 heavy (non-hydrogen) atoms. The number of unbranched alkanes of at least 4 members (excludes halogenated alkanes) is 1. The smallest absolute Gasteiger partial charge is 0.0512 e. The van der Waals surface area contributed by atoms with Gasteiger partial charge < -0.3 is 5.11 Å². The summed E-state index contributed by atoms with van der Waals surface area (Å²) in [6, 6.07) is 0. The van der Waals surface area contributed by atoms with E-state index in [4.69, 9.17) is 5.11 Å². The van der Waals surface area contributed by atoms with E-state index >= 15 is 0 Å². The van der Waals surface area contributed by atoms with Crippen LogP contribution in [-0.4, -0.2) is 11.2 Å². The molecule has 0 rings (SSSR count). The summed E-state index contributed by atoms with van der Waals surface area (Å²) >= 11 is 0. The van der Waals surface area contributed by atoms with Crippen LogP contribution in [0.2, 0.25) is 0 Å². The molecule has 0 aliphatic heterocycles. The third-order valence-electron chi connectivity index (χ3n) is 2.54. The van der Waals surface area contributed by atoms with E-state index in [0.29, 0.717) is 0 Å². The molecule has 2 atom stereocenters. The van der Waals surface area contributed by atoms with Gasteiger partial charge in [-0.05, 0) is 25.7 Å². The van der Waals surface area contributed by atoms with Crippen LogP contribution in [0.5, 0.6) is 0 Å². The predicted octanol–water partition coefficient (Wildman–Crippen LogP) is 3.36. The highest BCUT2D eigenvalue weighted by Crippen LogP contribution is 2.18. The van der Waals surface area contributed by atoms with Gasteiger partial charge in [-0.25, -0.2) is 0 Å². The summed E-state index contributed by atoms with van der Waals surface area (Å²) in [5.41, 5.74) is 0. The Morgan fingerprint density at radius 1 is 1.08 bits per heavy atom. The van der Waals surface area contributed by atoms with Crippen LogP contribution in [0.25, 0.3) is 0 Å². The van der Waals surface area contributed by atoms with Crippen molar-refractivity contribution in [2.75, 3.05) is 0 Å². The number of aliphatic hydroxyl groups is 1. The Kier molecular flexibility index (Phi) is 7.58. The Labute approximate surface area is 77.2 Å². The Hall–Kier alpha value is -0.0400. The molecule has 0 bridgehead atoms. The highest BCUT2D eigenvalue weighted by atomic mass is 16.3. The van der Waals surface area contributed by atoms with E-state index in [1.165, 1.54) is 32.1 Å². The van der Waals surface area contributed by atoms with E-state index in [1.807, 2.05) is 6.92 Å². The van der Waals surface area contributed by atoms with E-state index in [1.54, 1.807) is 0 Å². The van der Waals surface area contributed by atoms with Crippen molar-refractivity contribution >= 4 is 0 Å². The van der Waals surface area contributed by atoms with Crippen molar-refractivity contribution in [3.05, 3.63) is 0 Å². The first kappa shape index (κ1) is 12.0. The number of rotatable bonds is 7. The van der Waals surface area contributed by atoms with Crippen molar-refractivity contribution in [1.29, 1.82) is 0 Å². The van der Waals surface area contributed by atoms with Crippen LogP contribution in [-0.2, 0) is 0 Å². The van der Waals surface area contributed by atoms with E-state index in [2.05, 4.69) is 13.8 Å². The highest BCUT2D eigenvalue weighted by molar-refractivity contribution is 4.59. The molecule has 0 fully saturated rings. The van der Waals surface area contributed by atoms with Crippen molar-refractivity contribution in [2.45, 2.75) is 65.4 Å². The van der Waals surface area contributed by atoms with Crippen LogP contribution in [0, 0.1) is 5.92 Å². The third kappa shape index (κ3) is 6.66. The molecule has 0 radical (unpaired) electrons. The molecule has 0 saturated carbocycles. The van der Waals surface area contributed by atoms with Crippen LogP contribution in [0.1, 0.15) is 59.3 Å². The second-order valence-corrected chi connectivity index (χ2v) is 3.84. The quantitative estimate of drug-likeness (QED) is 0.624. The molecule has 0 saturated heterocycles. The van der Waals surface area contributed by atoms with Gasteiger partial charge in [0.2, 0.25) is 0 Å². The molecule has 0 spiro atoms. The second kappa shape index (κ2) is 7.60. The van der Waals surface area contributed by atoms with E-state index in [9.17, 15) is 0 Å². The van der Waals surface area contributed by atoms with Gasteiger partial charge >= 0.3 is 0 Å². The van der Waals surface area contributed by atoms with Crippen LogP contribution in [0.3, 0.4) is 0 Å². The zero-order chi connectivity index (χ0) is 9.40. The summed E-state index contributed by atoms with van der Waals surface area (Å²) in [6.45, 7) is 6.37. The summed E-state index contributed by atoms with van der Waals surface area (Å²) in [5, 5.41) is 9.12. The van der Waals surface area contributed by atoms with Crippen molar-refractivity contribution in [1.82, 2.24) is 0 Å². The lowest BCUT2D eigenvalue weighted by Gasteiger charge is -2.14. The summed E-state index contributed by atoms with van der Waals surface area (Å²) < 4.78 is 0. The van der Waals surface area contributed by atoms with Crippen LogP contribution >= 0.6 is 0 Å². The highest BCUT2D eigenvalue weighted by Gasteiger charge is 2.06. The summed E-state index contributed by atoms with van der Waals surface area (Å²) in [6.07, 6.45) is 7.33. The summed E-state index contributed by atoms with van der Waals surface area (Å²) in [4.78, 5) is 0. The molecule has 0 aromatic carbocycles. The number of hydrogen-bond acceptors (Lipinski definition) is 1. The SMILES string of the molecule is CCCC[C@@H](CC)CC[C@H](C)O. The second-order valence-electron chi connectivity index (χ2n) is 3.84. The Bertz CT molecular complexity index is 89.0. The molecular weight excluding hydrogens is 148 g/mol. The fourth-order valence-corrected chi connectivity index (χ4v) is 1.52. The van der Waals surface area contributed by atoms with Crippen molar-refractivity contribution in [3.63, 3.8) is 0 Å². The largest absolute Gasteiger partial charge is 0.393 e. The molecule has 74 valence electrons. The molecule has 1 nitrogen and oxygen atoms in total. The van der Waals surface area contributed by atoms with Gasteiger partial charge in [0.15, 0.2) is 0 Å². The van der Waals surface area contributed by atoms with Gasteiger partial charge in [0.05, 0.1) is 6.10 Å². The number of aliphatic hydroxyl groups excluding tert-OH is 1. The summed E-state index contributed by atoms with van der Waals surface area (Å²) in [7, 11) is 0. The zero-order valence-electron chi connectivity index (χ0n) is 8.84. The minimum absolute atomic E-state index is 0.110. The van der Waals surface area contributed by atoms with Gasteiger partial charge in [0.1, 0.15) is 0 Å².